The Hall–Kier alpha value is -2.57. The molecule has 0 aliphatic heterocycles. The van der Waals surface area contributed by atoms with Crippen LogP contribution in [0, 0.1) is 6.92 Å². The predicted octanol–water partition coefficient (Wildman–Crippen LogP) is 3.84. The Kier molecular flexibility index (Phi) is 4.77. The zero-order valence-corrected chi connectivity index (χ0v) is 15.8. The van der Waals surface area contributed by atoms with Crippen LogP contribution in [-0.2, 0) is 13.0 Å². The number of hydrogen-bond acceptors (Lipinski definition) is 5. The molecule has 0 unspecified atom stereocenters. The van der Waals surface area contributed by atoms with Crippen molar-refractivity contribution < 1.29 is 0 Å². The Morgan fingerprint density at radius 1 is 1.12 bits per heavy atom. The van der Waals surface area contributed by atoms with Crippen LogP contribution >= 0.6 is 11.3 Å². The summed E-state index contributed by atoms with van der Waals surface area (Å²) in [6.07, 6.45) is 4.85. The van der Waals surface area contributed by atoms with E-state index in [4.69, 9.17) is 4.98 Å². The van der Waals surface area contributed by atoms with Crippen LogP contribution in [0.25, 0.3) is 17.0 Å². The van der Waals surface area contributed by atoms with Crippen LogP contribution in [0.4, 0.5) is 0 Å². The summed E-state index contributed by atoms with van der Waals surface area (Å²) < 4.78 is 2.09. The second-order valence-electron chi connectivity index (χ2n) is 6.41. The normalized spacial score (nSPS) is 11.5. The highest BCUT2D eigenvalue weighted by atomic mass is 32.1. The Morgan fingerprint density at radius 3 is 2.73 bits per heavy atom. The van der Waals surface area contributed by atoms with Gasteiger partial charge in [-0.3, -0.25) is 4.40 Å². The van der Waals surface area contributed by atoms with Gasteiger partial charge in [0.25, 0.3) is 0 Å². The van der Waals surface area contributed by atoms with Crippen LogP contribution in [0.15, 0.2) is 54.3 Å². The van der Waals surface area contributed by atoms with Gasteiger partial charge in [0.05, 0.1) is 22.6 Å². The summed E-state index contributed by atoms with van der Waals surface area (Å²) in [6.45, 7) is 3.87. The zero-order valence-electron chi connectivity index (χ0n) is 15.0. The van der Waals surface area contributed by atoms with E-state index in [0.717, 1.165) is 42.2 Å². The third kappa shape index (κ3) is 3.38. The van der Waals surface area contributed by atoms with E-state index in [1.807, 2.05) is 36.0 Å². The molecule has 0 saturated carbocycles. The average molecular weight is 363 g/mol. The Labute approximate surface area is 157 Å². The zero-order chi connectivity index (χ0) is 17.9. The van der Waals surface area contributed by atoms with Crippen molar-refractivity contribution in [3.63, 3.8) is 0 Å². The van der Waals surface area contributed by atoms with Crippen molar-refractivity contribution in [1.29, 1.82) is 0 Å². The number of hydrogen-bond donors (Lipinski definition) is 0. The molecule has 3 aromatic heterocycles. The lowest BCUT2D eigenvalue weighted by atomic mass is 10.1. The first-order valence-corrected chi connectivity index (χ1v) is 9.55. The molecule has 6 heteroatoms. The van der Waals surface area contributed by atoms with E-state index in [9.17, 15) is 0 Å². The van der Waals surface area contributed by atoms with Gasteiger partial charge in [-0.2, -0.15) is 0 Å². The molecule has 1 aromatic carbocycles. The monoisotopic (exact) mass is 363 g/mol. The first kappa shape index (κ1) is 16.9. The fraction of sp³-hybridized carbons (Fsp3) is 0.250. The minimum Gasteiger partial charge on any atom is -0.300 e. The van der Waals surface area contributed by atoms with Crippen molar-refractivity contribution >= 4 is 17.1 Å². The molecule has 0 spiro atoms. The molecule has 4 rings (SSSR count). The summed E-state index contributed by atoms with van der Waals surface area (Å²) in [6, 6.07) is 12.3. The third-order valence-corrected chi connectivity index (χ3v) is 5.53. The van der Waals surface area contributed by atoms with Crippen LogP contribution in [0.2, 0.25) is 0 Å². The summed E-state index contributed by atoms with van der Waals surface area (Å²) in [5, 5.41) is 0. The Morgan fingerprint density at radius 2 is 1.96 bits per heavy atom. The molecule has 132 valence electrons. The van der Waals surface area contributed by atoms with Crippen LogP contribution < -0.4 is 0 Å². The SMILES string of the molecule is Cc1ncsc1CCN(C)Cc1c(-c2ccccc2)nc2ncccn12. The molecule has 0 N–H and O–H groups in total. The fourth-order valence-electron chi connectivity index (χ4n) is 3.11. The highest BCUT2D eigenvalue weighted by molar-refractivity contribution is 7.09. The summed E-state index contributed by atoms with van der Waals surface area (Å²) in [5.41, 5.74) is 6.37. The maximum Gasteiger partial charge on any atom is 0.234 e. The molecule has 0 atom stereocenters. The molecule has 0 aliphatic carbocycles. The smallest absolute Gasteiger partial charge is 0.234 e. The number of aryl methyl sites for hydroxylation is 1. The van der Waals surface area contributed by atoms with Gasteiger partial charge in [-0.25, -0.2) is 15.0 Å². The maximum absolute atomic E-state index is 4.78. The van der Waals surface area contributed by atoms with Crippen LogP contribution in [0.3, 0.4) is 0 Å². The minimum atomic E-state index is 0.744. The lowest BCUT2D eigenvalue weighted by molar-refractivity contribution is 0.327. The summed E-state index contributed by atoms with van der Waals surface area (Å²) in [4.78, 5) is 17.2. The highest BCUT2D eigenvalue weighted by Gasteiger charge is 2.16. The van der Waals surface area contributed by atoms with Gasteiger partial charge in [0.1, 0.15) is 0 Å². The molecule has 0 amide bonds. The van der Waals surface area contributed by atoms with Crippen molar-refractivity contribution in [2.24, 2.45) is 0 Å². The van der Waals surface area contributed by atoms with E-state index in [2.05, 4.69) is 45.4 Å². The van der Waals surface area contributed by atoms with E-state index in [1.54, 1.807) is 17.5 Å². The van der Waals surface area contributed by atoms with Crippen molar-refractivity contribution in [3.8, 4) is 11.3 Å². The van der Waals surface area contributed by atoms with Crippen LogP contribution in [0.1, 0.15) is 16.3 Å². The quantitative estimate of drug-likeness (QED) is 0.522. The molecule has 0 fully saturated rings. The molecule has 0 saturated heterocycles. The van der Waals surface area contributed by atoms with Crippen molar-refractivity contribution in [2.45, 2.75) is 19.9 Å². The third-order valence-electron chi connectivity index (χ3n) is 4.53. The minimum absolute atomic E-state index is 0.744. The van der Waals surface area contributed by atoms with Gasteiger partial charge in [0.2, 0.25) is 5.78 Å². The second-order valence-corrected chi connectivity index (χ2v) is 7.35. The summed E-state index contributed by atoms with van der Waals surface area (Å²) in [5.74, 6) is 0.744. The summed E-state index contributed by atoms with van der Waals surface area (Å²) in [7, 11) is 2.15. The lowest BCUT2D eigenvalue weighted by Gasteiger charge is -2.17. The molecule has 4 aromatic rings. The van der Waals surface area contributed by atoms with E-state index >= 15 is 0 Å². The van der Waals surface area contributed by atoms with Crippen LogP contribution in [0.5, 0.6) is 0 Å². The van der Waals surface area contributed by atoms with Crippen molar-refractivity contribution in [2.75, 3.05) is 13.6 Å². The standard InChI is InChI=1S/C20H21N5S/c1-15-18(26-14-22-15)9-12-24(2)13-17-19(16-7-4-3-5-8-16)23-20-21-10-6-11-25(17)20/h3-8,10-11,14H,9,12-13H2,1-2H3. The van der Waals surface area contributed by atoms with Gasteiger partial charge in [0, 0.05) is 35.9 Å². The first-order chi connectivity index (χ1) is 12.7. The number of benzene rings is 1. The average Bonchev–Trinajstić information content (AvgIpc) is 3.24. The molecular formula is C20H21N5S. The number of imidazole rings is 1. The largest absolute Gasteiger partial charge is 0.300 e. The molecule has 0 radical (unpaired) electrons. The number of nitrogens with zero attached hydrogens (tertiary/aromatic N) is 5. The number of rotatable bonds is 6. The van der Waals surface area contributed by atoms with E-state index in [0.29, 0.717) is 0 Å². The lowest BCUT2D eigenvalue weighted by Crippen LogP contribution is -2.22. The first-order valence-electron chi connectivity index (χ1n) is 8.67. The Balaban J connectivity index is 1.61. The molecule has 3 heterocycles. The molecule has 5 nitrogen and oxygen atoms in total. The van der Waals surface area contributed by atoms with Gasteiger partial charge in [-0.15, -0.1) is 11.3 Å². The number of thiazole rings is 1. The van der Waals surface area contributed by atoms with Gasteiger partial charge < -0.3 is 4.90 Å². The highest BCUT2D eigenvalue weighted by Crippen LogP contribution is 2.25. The van der Waals surface area contributed by atoms with E-state index in [1.165, 1.54) is 10.6 Å². The predicted molar refractivity (Wildman–Crippen MR) is 105 cm³/mol. The van der Waals surface area contributed by atoms with E-state index < -0.39 is 0 Å². The number of fused-ring (bicyclic) bond motifs is 1. The fourth-order valence-corrected chi connectivity index (χ4v) is 3.88. The van der Waals surface area contributed by atoms with Gasteiger partial charge in [-0.1, -0.05) is 30.3 Å². The molecule has 0 bridgehead atoms. The number of aromatic nitrogens is 4. The van der Waals surface area contributed by atoms with Crippen molar-refractivity contribution in [1.82, 2.24) is 24.3 Å². The summed E-state index contributed by atoms with van der Waals surface area (Å²) >= 11 is 1.74. The van der Waals surface area contributed by atoms with Gasteiger partial charge in [-0.05, 0) is 26.5 Å². The van der Waals surface area contributed by atoms with Crippen LogP contribution in [-0.4, -0.2) is 37.8 Å². The molecule has 26 heavy (non-hydrogen) atoms. The Bertz CT molecular complexity index is 1010. The van der Waals surface area contributed by atoms with Gasteiger partial charge >= 0.3 is 0 Å². The molecule has 0 aliphatic rings. The second kappa shape index (κ2) is 7.35. The van der Waals surface area contributed by atoms with Gasteiger partial charge in [0.15, 0.2) is 0 Å². The maximum atomic E-state index is 4.78. The topological polar surface area (TPSA) is 46.3 Å². The molecular weight excluding hydrogens is 342 g/mol. The van der Waals surface area contributed by atoms with E-state index in [-0.39, 0.29) is 0 Å². The van der Waals surface area contributed by atoms with Crippen molar-refractivity contribution in [3.05, 3.63) is 70.6 Å². The number of likely N-dealkylation sites (N-methyl/N-ethyl adjacent to an activating group) is 1.